The van der Waals surface area contributed by atoms with Crippen LogP contribution in [0.4, 0.5) is 5.69 Å². The lowest BCUT2D eigenvalue weighted by Gasteiger charge is -2.08. The van der Waals surface area contributed by atoms with Gasteiger partial charge in [0.1, 0.15) is 5.75 Å². The number of anilines is 1. The van der Waals surface area contributed by atoms with Gasteiger partial charge in [0.05, 0.1) is 18.5 Å². The number of nitrogens with two attached hydrogens (primary N) is 1. The molecule has 0 atom stereocenters. The summed E-state index contributed by atoms with van der Waals surface area (Å²) in [6.45, 7) is 2.56. The fourth-order valence-corrected chi connectivity index (χ4v) is 2.23. The fraction of sp³-hybridized carbons (Fsp3) is 0.118. The largest absolute Gasteiger partial charge is 0.494 e. The predicted molar refractivity (Wildman–Crippen MR) is 84.6 cm³/mol. The van der Waals surface area contributed by atoms with E-state index in [0.29, 0.717) is 12.3 Å². The molecule has 0 amide bonds. The van der Waals surface area contributed by atoms with Crippen LogP contribution in [0.1, 0.15) is 6.92 Å². The van der Waals surface area contributed by atoms with E-state index in [1.807, 2.05) is 55.7 Å². The van der Waals surface area contributed by atoms with Gasteiger partial charge in [0, 0.05) is 29.6 Å². The zero-order valence-corrected chi connectivity index (χ0v) is 11.9. The average molecular weight is 279 g/mol. The molecule has 2 N–H and O–H groups in total. The molecule has 3 aromatic rings. The van der Waals surface area contributed by atoms with Gasteiger partial charge in [-0.15, -0.1) is 0 Å². The molecule has 0 radical (unpaired) electrons. The van der Waals surface area contributed by atoms with Crippen molar-refractivity contribution in [2.24, 2.45) is 0 Å². The van der Waals surface area contributed by atoms with Gasteiger partial charge in [-0.3, -0.25) is 0 Å². The standard InChI is InChI=1S/C17H17N3O/c1-2-21-17-9-15(18)8-16(10-17)20-12-14(11-19-20)13-6-4-3-5-7-13/h3-12H,2,18H2,1H3. The number of aromatic nitrogens is 2. The van der Waals surface area contributed by atoms with Crippen molar-refractivity contribution in [1.82, 2.24) is 9.78 Å². The lowest BCUT2D eigenvalue weighted by atomic mass is 10.1. The highest BCUT2D eigenvalue weighted by molar-refractivity contribution is 5.62. The molecule has 0 unspecified atom stereocenters. The van der Waals surface area contributed by atoms with Gasteiger partial charge in [0.15, 0.2) is 0 Å². The van der Waals surface area contributed by atoms with E-state index in [9.17, 15) is 0 Å². The minimum Gasteiger partial charge on any atom is -0.494 e. The van der Waals surface area contributed by atoms with E-state index in [1.165, 1.54) is 0 Å². The molecule has 0 bridgehead atoms. The topological polar surface area (TPSA) is 53.1 Å². The van der Waals surface area contributed by atoms with Crippen molar-refractivity contribution in [3.63, 3.8) is 0 Å². The van der Waals surface area contributed by atoms with E-state index >= 15 is 0 Å². The maximum atomic E-state index is 5.92. The van der Waals surface area contributed by atoms with Crippen LogP contribution in [-0.4, -0.2) is 16.4 Å². The Morgan fingerprint density at radius 2 is 1.90 bits per heavy atom. The minimum absolute atomic E-state index is 0.608. The Balaban J connectivity index is 1.96. The monoisotopic (exact) mass is 279 g/mol. The van der Waals surface area contributed by atoms with E-state index in [4.69, 9.17) is 10.5 Å². The lowest BCUT2D eigenvalue weighted by molar-refractivity contribution is 0.340. The molecule has 0 aliphatic rings. The molecule has 4 nitrogen and oxygen atoms in total. The number of hydrogen-bond acceptors (Lipinski definition) is 3. The smallest absolute Gasteiger partial charge is 0.123 e. The third kappa shape index (κ3) is 2.89. The highest BCUT2D eigenvalue weighted by Crippen LogP contribution is 2.24. The first-order chi connectivity index (χ1) is 10.3. The van der Waals surface area contributed by atoms with Crippen LogP contribution in [-0.2, 0) is 0 Å². The van der Waals surface area contributed by atoms with Crippen molar-refractivity contribution in [2.45, 2.75) is 6.92 Å². The Morgan fingerprint density at radius 3 is 2.67 bits per heavy atom. The molecule has 2 aromatic carbocycles. The summed E-state index contributed by atoms with van der Waals surface area (Å²) in [4.78, 5) is 0. The van der Waals surface area contributed by atoms with Gasteiger partial charge in [0.2, 0.25) is 0 Å². The molecule has 1 heterocycles. The molecule has 0 aliphatic carbocycles. The van der Waals surface area contributed by atoms with Crippen molar-refractivity contribution in [3.8, 4) is 22.6 Å². The fourth-order valence-electron chi connectivity index (χ4n) is 2.23. The Bertz CT molecular complexity index is 735. The molecular formula is C17H17N3O. The highest BCUT2D eigenvalue weighted by atomic mass is 16.5. The van der Waals surface area contributed by atoms with E-state index in [1.54, 1.807) is 4.68 Å². The molecule has 0 fully saturated rings. The van der Waals surface area contributed by atoms with Gasteiger partial charge in [-0.05, 0) is 18.6 Å². The number of benzene rings is 2. The summed E-state index contributed by atoms with van der Waals surface area (Å²) in [5.41, 5.74) is 9.68. The molecule has 4 heteroatoms. The van der Waals surface area contributed by atoms with E-state index < -0.39 is 0 Å². The molecule has 1 aromatic heterocycles. The van der Waals surface area contributed by atoms with Crippen molar-refractivity contribution in [2.75, 3.05) is 12.3 Å². The van der Waals surface area contributed by atoms with Gasteiger partial charge in [0.25, 0.3) is 0 Å². The second-order valence-corrected chi connectivity index (χ2v) is 4.73. The Labute approximate surface area is 123 Å². The maximum absolute atomic E-state index is 5.92. The summed E-state index contributed by atoms with van der Waals surface area (Å²) >= 11 is 0. The number of nitrogen functional groups attached to an aromatic ring is 1. The first-order valence-corrected chi connectivity index (χ1v) is 6.90. The summed E-state index contributed by atoms with van der Waals surface area (Å²) in [6.07, 6.45) is 3.83. The first kappa shape index (κ1) is 13.2. The summed E-state index contributed by atoms with van der Waals surface area (Å²) in [5.74, 6) is 0.754. The van der Waals surface area contributed by atoms with Crippen LogP contribution in [0, 0.1) is 0 Å². The Morgan fingerprint density at radius 1 is 1.10 bits per heavy atom. The summed E-state index contributed by atoms with van der Waals surface area (Å²) < 4.78 is 7.33. The van der Waals surface area contributed by atoms with Crippen molar-refractivity contribution in [1.29, 1.82) is 0 Å². The lowest BCUT2D eigenvalue weighted by Crippen LogP contribution is -1.99. The Hall–Kier alpha value is -2.75. The average Bonchev–Trinajstić information content (AvgIpc) is 2.98. The summed E-state index contributed by atoms with van der Waals surface area (Å²) in [6, 6.07) is 15.8. The molecular weight excluding hydrogens is 262 g/mol. The quantitative estimate of drug-likeness (QED) is 0.743. The normalized spacial score (nSPS) is 10.5. The maximum Gasteiger partial charge on any atom is 0.123 e. The van der Waals surface area contributed by atoms with Crippen LogP contribution in [0.3, 0.4) is 0 Å². The van der Waals surface area contributed by atoms with Crippen LogP contribution in [0.5, 0.6) is 5.75 Å². The van der Waals surface area contributed by atoms with Crippen LogP contribution >= 0.6 is 0 Å². The first-order valence-electron chi connectivity index (χ1n) is 6.90. The van der Waals surface area contributed by atoms with Gasteiger partial charge in [-0.1, -0.05) is 30.3 Å². The van der Waals surface area contributed by atoms with Crippen molar-refractivity contribution < 1.29 is 4.74 Å². The summed E-state index contributed by atoms with van der Waals surface area (Å²) in [7, 11) is 0. The highest BCUT2D eigenvalue weighted by Gasteiger charge is 2.05. The van der Waals surface area contributed by atoms with Crippen molar-refractivity contribution in [3.05, 3.63) is 60.9 Å². The second-order valence-electron chi connectivity index (χ2n) is 4.73. The van der Waals surface area contributed by atoms with Gasteiger partial charge >= 0.3 is 0 Å². The molecule has 0 saturated heterocycles. The SMILES string of the molecule is CCOc1cc(N)cc(-n2cc(-c3ccccc3)cn2)c1. The number of nitrogens with zero attached hydrogens (tertiary/aromatic N) is 2. The van der Waals surface area contributed by atoms with Crippen LogP contribution < -0.4 is 10.5 Å². The van der Waals surface area contributed by atoms with Crippen LogP contribution in [0.25, 0.3) is 16.8 Å². The predicted octanol–water partition coefficient (Wildman–Crippen LogP) is 3.52. The number of hydrogen-bond donors (Lipinski definition) is 1. The molecule has 0 spiro atoms. The zero-order valence-electron chi connectivity index (χ0n) is 11.9. The number of rotatable bonds is 4. The van der Waals surface area contributed by atoms with Gasteiger partial charge in [-0.2, -0.15) is 5.10 Å². The van der Waals surface area contributed by atoms with E-state index in [0.717, 1.165) is 22.6 Å². The second kappa shape index (κ2) is 5.71. The van der Waals surface area contributed by atoms with Gasteiger partial charge in [-0.25, -0.2) is 4.68 Å². The Kier molecular flexibility index (Phi) is 3.60. The molecule has 0 saturated carbocycles. The zero-order chi connectivity index (χ0) is 14.7. The third-order valence-corrected chi connectivity index (χ3v) is 3.18. The van der Waals surface area contributed by atoms with Crippen molar-refractivity contribution >= 4 is 5.69 Å². The van der Waals surface area contributed by atoms with E-state index in [-0.39, 0.29) is 0 Å². The minimum atomic E-state index is 0.608. The molecule has 106 valence electrons. The van der Waals surface area contributed by atoms with Crippen LogP contribution in [0.15, 0.2) is 60.9 Å². The molecule has 21 heavy (non-hydrogen) atoms. The molecule has 3 rings (SSSR count). The van der Waals surface area contributed by atoms with Gasteiger partial charge < -0.3 is 10.5 Å². The van der Waals surface area contributed by atoms with E-state index in [2.05, 4.69) is 17.2 Å². The van der Waals surface area contributed by atoms with Crippen LogP contribution in [0.2, 0.25) is 0 Å². The summed E-state index contributed by atoms with van der Waals surface area (Å²) in [5, 5.41) is 4.41. The molecule has 0 aliphatic heterocycles. The number of ether oxygens (including phenoxy) is 1. The third-order valence-electron chi connectivity index (χ3n) is 3.18.